The van der Waals surface area contributed by atoms with Gasteiger partial charge in [0.2, 0.25) is 0 Å². The minimum Gasteiger partial charge on any atom is -0.231 e. The average molecular weight is 182 g/mol. The molecule has 0 unspecified atom stereocenters. The average Bonchev–Trinajstić information content (AvgIpc) is 2.16. The zero-order valence-electron chi connectivity index (χ0n) is 7.11. The topological polar surface area (TPSA) is 29.3 Å². The summed E-state index contributed by atoms with van der Waals surface area (Å²) < 4.78 is 12.4. The fraction of sp³-hybridized carbons (Fsp3) is 0.111. The first kappa shape index (κ1) is 9.38. The van der Waals surface area contributed by atoms with Gasteiger partial charge in [0.25, 0.3) is 11.1 Å². The van der Waals surface area contributed by atoms with Crippen LogP contribution in [0.1, 0.15) is 5.56 Å². The van der Waals surface area contributed by atoms with E-state index in [4.69, 9.17) is 0 Å². The molecule has 1 rings (SSSR count). The summed E-state index contributed by atoms with van der Waals surface area (Å²) in [5.41, 5.74) is 0.735. The molecule has 0 amide bonds. The van der Waals surface area contributed by atoms with Gasteiger partial charge in [-0.2, -0.15) is 0 Å². The monoisotopic (exact) mass is 182 g/mol. The van der Waals surface area contributed by atoms with Crippen LogP contribution in [0.15, 0.2) is 30.5 Å². The molecule has 0 aliphatic heterocycles. The van der Waals surface area contributed by atoms with Crippen LogP contribution in [0.3, 0.4) is 0 Å². The highest BCUT2D eigenvalue weighted by atomic mass is 19.1. The Hall–Kier alpha value is -1.71. The number of rotatable bonds is 3. The Morgan fingerprint density at radius 3 is 2.54 bits per heavy atom. The maximum Gasteiger partial charge on any atom is 0.282 e. The SMILES string of the molecule is CO[N+](=O)C=Cc1ccc(F)cc1. The van der Waals surface area contributed by atoms with E-state index in [1.165, 1.54) is 31.5 Å². The summed E-state index contributed by atoms with van der Waals surface area (Å²) in [6, 6.07) is 5.77. The van der Waals surface area contributed by atoms with Crippen LogP contribution in [0.5, 0.6) is 0 Å². The molecule has 0 spiro atoms. The number of nitrogens with zero attached hydrogens (tertiary/aromatic N) is 1. The van der Waals surface area contributed by atoms with Crippen LogP contribution in [-0.4, -0.2) is 12.0 Å². The van der Waals surface area contributed by atoms with E-state index in [9.17, 15) is 9.30 Å². The van der Waals surface area contributed by atoms with E-state index in [1.54, 1.807) is 12.1 Å². The van der Waals surface area contributed by atoms with Gasteiger partial charge in [-0.25, -0.2) is 9.23 Å². The summed E-state index contributed by atoms with van der Waals surface area (Å²) in [4.78, 5) is 15.2. The van der Waals surface area contributed by atoms with Crippen LogP contribution in [0, 0.1) is 10.7 Å². The Bertz CT molecular complexity index is 319. The maximum absolute atomic E-state index is 12.4. The van der Waals surface area contributed by atoms with Crippen molar-refractivity contribution in [3.05, 3.63) is 46.8 Å². The van der Waals surface area contributed by atoms with Crippen molar-refractivity contribution < 1.29 is 14.2 Å². The van der Waals surface area contributed by atoms with E-state index >= 15 is 0 Å². The fourth-order valence-corrected chi connectivity index (χ4v) is 0.782. The van der Waals surface area contributed by atoms with Gasteiger partial charge in [-0.3, -0.25) is 0 Å². The van der Waals surface area contributed by atoms with Crippen LogP contribution in [-0.2, 0) is 4.84 Å². The number of hydrogen-bond donors (Lipinski definition) is 0. The van der Waals surface area contributed by atoms with Crippen molar-refractivity contribution in [3.63, 3.8) is 0 Å². The van der Waals surface area contributed by atoms with Crippen LogP contribution in [0.4, 0.5) is 4.39 Å². The van der Waals surface area contributed by atoms with Gasteiger partial charge in [-0.05, 0) is 17.7 Å². The molecule has 0 heterocycles. The van der Waals surface area contributed by atoms with E-state index in [1.807, 2.05) is 0 Å². The minimum absolute atomic E-state index is 0.303. The van der Waals surface area contributed by atoms with Crippen LogP contribution in [0.2, 0.25) is 0 Å². The van der Waals surface area contributed by atoms with Gasteiger partial charge in [0.15, 0.2) is 7.11 Å². The Kier molecular flexibility index (Phi) is 3.14. The molecule has 0 aliphatic carbocycles. The van der Waals surface area contributed by atoms with Gasteiger partial charge in [0, 0.05) is 6.08 Å². The molecule has 0 aromatic heterocycles. The fourth-order valence-electron chi connectivity index (χ4n) is 0.782. The lowest BCUT2D eigenvalue weighted by Crippen LogP contribution is -1.94. The van der Waals surface area contributed by atoms with Crippen LogP contribution in [0.25, 0.3) is 6.08 Å². The highest BCUT2D eigenvalue weighted by molar-refractivity contribution is 5.47. The molecule has 4 heteroatoms. The van der Waals surface area contributed by atoms with Gasteiger partial charge in [0.05, 0.1) is 4.91 Å². The molecule has 0 fully saturated rings. The smallest absolute Gasteiger partial charge is 0.231 e. The summed E-state index contributed by atoms with van der Waals surface area (Å²) in [5, 5.41) is 0. The van der Waals surface area contributed by atoms with Gasteiger partial charge < -0.3 is 0 Å². The van der Waals surface area contributed by atoms with Crippen molar-refractivity contribution in [1.82, 2.24) is 0 Å². The lowest BCUT2D eigenvalue weighted by molar-refractivity contribution is -0.747. The van der Waals surface area contributed by atoms with Crippen molar-refractivity contribution in [2.24, 2.45) is 0 Å². The van der Waals surface area contributed by atoms with Crippen molar-refractivity contribution in [2.45, 2.75) is 0 Å². The summed E-state index contributed by atoms with van der Waals surface area (Å²) in [5.74, 6) is -0.303. The van der Waals surface area contributed by atoms with E-state index in [0.29, 0.717) is 4.92 Å². The quantitative estimate of drug-likeness (QED) is 0.670. The predicted octanol–water partition coefficient (Wildman–Crippen LogP) is 2.14. The van der Waals surface area contributed by atoms with Gasteiger partial charge in [-0.15, -0.1) is 0 Å². The van der Waals surface area contributed by atoms with Gasteiger partial charge in [-0.1, -0.05) is 12.1 Å². The van der Waals surface area contributed by atoms with E-state index in [0.717, 1.165) is 5.56 Å². The largest absolute Gasteiger partial charge is 0.282 e. The molecule has 1 aromatic rings. The Labute approximate surface area is 75.0 Å². The zero-order chi connectivity index (χ0) is 9.68. The minimum atomic E-state index is -0.303. The Balaban J connectivity index is 2.69. The lowest BCUT2D eigenvalue weighted by Gasteiger charge is -1.89. The molecule has 0 radical (unpaired) electrons. The Morgan fingerprint density at radius 2 is 2.00 bits per heavy atom. The molecule has 68 valence electrons. The second-order valence-electron chi connectivity index (χ2n) is 2.34. The van der Waals surface area contributed by atoms with Crippen LogP contribution >= 0.6 is 0 Å². The normalized spacial score (nSPS) is 10.3. The Morgan fingerprint density at radius 1 is 1.38 bits per heavy atom. The molecular formula is C9H9FNO2+. The lowest BCUT2D eigenvalue weighted by atomic mass is 10.2. The third kappa shape index (κ3) is 3.02. The predicted molar refractivity (Wildman–Crippen MR) is 46.1 cm³/mol. The molecule has 0 aliphatic rings. The molecule has 3 nitrogen and oxygen atoms in total. The second-order valence-corrected chi connectivity index (χ2v) is 2.34. The molecule has 0 N–H and O–H groups in total. The first-order valence-electron chi connectivity index (χ1n) is 3.66. The first-order valence-corrected chi connectivity index (χ1v) is 3.66. The highest BCUT2D eigenvalue weighted by Crippen LogP contribution is 2.04. The summed E-state index contributed by atoms with van der Waals surface area (Å²) in [6.07, 6.45) is 2.73. The maximum atomic E-state index is 12.4. The molecule has 0 bridgehead atoms. The highest BCUT2D eigenvalue weighted by Gasteiger charge is 1.98. The molecule has 0 saturated heterocycles. The first-order chi connectivity index (χ1) is 6.22. The molecular weight excluding hydrogens is 173 g/mol. The summed E-state index contributed by atoms with van der Waals surface area (Å²) >= 11 is 0. The number of hydrogen-bond acceptors (Lipinski definition) is 2. The van der Waals surface area contributed by atoms with Gasteiger partial charge in [0.1, 0.15) is 5.82 Å². The molecule has 0 atom stereocenters. The summed E-state index contributed by atoms with van der Waals surface area (Å²) in [6.45, 7) is 0. The molecule has 0 saturated carbocycles. The molecule has 1 aromatic carbocycles. The van der Waals surface area contributed by atoms with E-state index < -0.39 is 0 Å². The zero-order valence-corrected chi connectivity index (χ0v) is 7.11. The van der Waals surface area contributed by atoms with Gasteiger partial charge >= 0.3 is 0 Å². The molecule has 13 heavy (non-hydrogen) atoms. The van der Waals surface area contributed by atoms with Crippen molar-refractivity contribution in [2.75, 3.05) is 7.11 Å². The summed E-state index contributed by atoms with van der Waals surface area (Å²) in [7, 11) is 1.27. The van der Waals surface area contributed by atoms with Crippen LogP contribution < -0.4 is 0 Å². The van der Waals surface area contributed by atoms with Crippen molar-refractivity contribution >= 4 is 6.08 Å². The van der Waals surface area contributed by atoms with E-state index in [-0.39, 0.29) is 5.82 Å². The second kappa shape index (κ2) is 4.35. The number of benzene rings is 1. The number of halogens is 1. The third-order valence-electron chi connectivity index (χ3n) is 1.44. The van der Waals surface area contributed by atoms with Crippen molar-refractivity contribution in [1.29, 1.82) is 0 Å². The van der Waals surface area contributed by atoms with Crippen molar-refractivity contribution in [3.8, 4) is 0 Å². The standard InChI is InChI=1S/C9H9FNO2/c1-13-11(12)7-6-8-2-4-9(10)5-3-8/h2-7H,1H3/q+1. The van der Waals surface area contributed by atoms with E-state index in [2.05, 4.69) is 4.84 Å². The third-order valence-corrected chi connectivity index (χ3v) is 1.44.